The second-order valence-corrected chi connectivity index (χ2v) is 5.43. The van der Waals surface area contributed by atoms with Gasteiger partial charge in [0.05, 0.1) is 19.3 Å². The molecule has 5 heteroatoms. The molecule has 132 valence electrons. The molecule has 0 amide bonds. The van der Waals surface area contributed by atoms with E-state index < -0.39 is 0 Å². The van der Waals surface area contributed by atoms with Gasteiger partial charge in [-0.15, -0.1) is 0 Å². The summed E-state index contributed by atoms with van der Waals surface area (Å²) in [7, 11) is 0. The Labute approximate surface area is 135 Å². The van der Waals surface area contributed by atoms with Crippen molar-refractivity contribution in [3.63, 3.8) is 0 Å². The molecular weight excluding hydrogens is 284 g/mol. The molecule has 0 aromatic rings. The van der Waals surface area contributed by atoms with E-state index in [1.54, 1.807) is 0 Å². The average molecular weight is 318 g/mol. The van der Waals surface area contributed by atoms with E-state index in [4.69, 9.17) is 19.2 Å². The van der Waals surface area contributed by atoms with Crippen LogP contribution in [-0.2, 0) is 24.0 Å². The molecule has 0 aliphatic heterocycles. The maximum absolute atomic E-state index is 11.1. The Bertz CT molecular complexity index is 245. The fourth-order valence-corrected chi connectivity index (χ4v) is 1.76. The van der Waals surface area contributed by atoms with Gasteiger partial charge in [0.25, 0.3) is 0 Å². The largest absolute Gasteiger partial charge is 0.466 e. The van der Waals surface area contributed by atoms with Gasteiger partial charge in [-0.05, 0) is 46.0 Å². The lowest BCUT2D eigenvalue weighted by atomic mass is 10.1. The molecule has 0 N–H and O–H groups in total. The number of carbonyl (C=O) groups is 1. The predicted molar refractivity (Wildman–Crippen MR) is 86.6 cm³/mol. The van der Waals surface area contributed by atoms with E-state index in [0.29, 0.717) is 19.6 Å². The normalized spacial score (nSPS) is 12.3. The van der Waals surface area contributed by atoms with Crippen LogP contribution in [0.3, 0.4) is 0 Å². The molecule has 0 spiro atoms. The van der Waals surface area contributed by atoms with E-state index in [1.807, 2.05) is 13.8 Å². The van der Waals surface area contributed by atoms with Crippen molar-refractivity contribution in [1.29, 1.82) is 0 Å². The summed E-state index contributed by atoms with van der Waals surface area (Å²) in [5.41, 5.74) is 0. The van der Waals surface area contributed by atoms with Gasteiger partial charge in [-0.3, -0.25) is 4.79 Å². The summed E-state index contributed by atoms with van der Waals surface area (Å²) >= 11 is 0. The highest BCUT2D eigenvalue weighted by molar-refractivity contribution is 5.69. The topological polar surface area (TPSA) is 54.0 Å². The number of unbranched alkanes of at least 4 members (excludes halogenated alkanes) is 4. The molecule has 0 bridgehead atoms. The molecule has 0 rings (SSSR count). The third-order valence-corrected chi connectivity index (χ3v) is 3.30. The lowest BCUT2D eigenvalue weighted by molar-refractivity contribution is -0.321. The Morgan fingerprint density at radius 1 is 0.909 bits per heavy atom. The van der Waals surface area contributed by atoms with Crippen LogP contribution in [0.15, 0.2) is 0 Å². The van der Waals surface area contributed by atoms with Crippen molar-refractivity contribution >= 4 is 5.97 Å². The van der Waals surface area contributed by atoms with Crippen molar-refractivity contribution < 1.29 is 24.0 Å². The first-order valence-corrected chi connectivity index (χ1v) is 8.72. The van der Waals surface area contributed by atoms with Gasteiger partial charge in [0.1, 0.15) is 0 Å². The number of hydrogen-bond donors (Lipinski definition) is 0. The van der Waals surface area contributed by atoms with Gasteiger partial charge in [0.2, 0.25) is 0 Å². The van der Waals surface area contributed by atoms with Gasteiger partial charge in [0.15, 0.2) is 0 Å². The second kappa shape index (κ2) is 16.7. The minimum Gasteiger partial charge on any atom is -0.466 e. The van der Waals surface area contributed by atoms with Crippen molar-refractivity contribution in [2.24, 2.45) is 0 Å². The summed E-state index contributed by atoms with van der Waals surface area (Å²) in [6, 6.07) is 0. The first-order chi connectivity index (χ1) is 10.7. The molecule has 0 radical (unpaired) electrons. The van der Waals surface area contributed by atoms with Crippen molar-refractivity contribution in [2.45, 2.75) is 78.2 Å². The highest BCUT2D eigenvalue weighted by Crippen LogP contribution is 2.05. The smallest absolute Gasteiger partial charge is 0.305 e. The van der Waals surface area contributed by atoms with Crippen LogP contribution in [0.2, 0.25) is 0 Å². The first kappa shape index (κ1) is 21.4. The summed E-state index contributed by atoms with van der Waals surface area (Å²) in [5.74, 6) is -0.0849. The van der Waals surface area contributed by atoms with E-state index in [0.717, 1.165) is 58.2 Å². The minimum atomic E-state index is -0.0849. The molecule has 0 saturated heterocycles. The Morgan fingerprint density at radius 3 is 2.23 bits per heavy atom. The molecule has 0 aliphatic carbocycles. The molecular formula is C17H34O5. The van der Waals surface area contributed by atoms with Crippen LogP contribution >= 0.6 is 0 Å². The molecule has 1 unspecified atom stereocenters. The van der Waals surface area contributed by atoms with Crippen LogP contribution in [0.5, 0.6) is 0 Å². The zero-order valence-electron chi connectivity index (χ0n) is 14.6. The van der Waals surface area contributed by atoms with Gasteiger partial charge in [0, 0.05) is 19.6 Å². The van der Waals surface area contributed by atoms with E-state index >= 15 is 0 Å². The summed E-state index contributed by atoms with van der Waals surface area (Å²) in [6.45, 7) is 8.57. The monoisotopic (exact) mass is 318 g/mol. The Balaban J connectivity index is 3.07. The molecule has 0 aromatic heterocycles. The van der Waals surface area contributed by atoms with Crippen molar-refractivity contribution in [1.82, 2.24) is 0 Å². The molecule has 0 fully saturated rings. The third kappa shape index (κ3) is 15.7. The van der Waals surface area contributed by atoms with Crippen molar-refractivity contribution in [3.05, 3.63) is 0 Å². The minimum absolute atomic E-state index is 0.0849. The molecule has 22 heavy (non-hydrogen) atoms. The highest BCUT2D eigenvalue weighted by atomic mass is 17.2. The molecule has 0 heterocycles. The fourth-order valence-electron chi connectivity index (χ4n) is 1.76. The Morgan fingerprint density at radius 2 is 1.55 bits per heavy atom. The van der Waals surface area contributed by atoms with Crippen LogP contribution in [-0.4, -0.2) is 38.5 Å². The van der Waals surface area contributed by atoms with Crippen LogP contribution in [0.25, 0.3) is 0 Å². The van der Waals surface area contributed by atoms with Gasteiger partial charge in [-0.2, -0.15) is 0 Å². The van der Waals surface area contributed by atoms with E-state index in [2.05, 4.69) is 6.92 Å². The van der Waals surface area contributed by atoms with Gasteiger partial charge >= 0.3 is 5.97 Å². The van der Waals surface area contributed by atoms with Crippen molar-refractivity contribution in [3.8, 4) is 0 Å². The van der Waals surface area contributed by atoms with E-state index in [-0.39, 0.29) is 12.1 Å². The summed E-state index contributed by atoms with van der Waals surface area (Å²) in [5, 5.41) is 0. The molecule has 5 nitrogen and oxygen atoms in total. The predicted octanol–water partition coefficient (Wildman–Crippen LogP) is 4.04. The van der Waals surface area contributed by atoms with Gasteiger partial charge < -0.3 is 9.47 Å². The number of rotatable bonds is 16. The summed E-state index contributed by atoms with van der Waals surface area (Å²) < 4.78 is 10.4. The Hall–Kier alpha value is -0.650. The fraction of sp³-hybridized carbons (Fsp3) is 0.941. The number of hydrogen-bond acceptors (Lipinski definition) is 5. The second-order valence-electron chi connectivity index (χ2n) is 5.43. The van der Waals surface area contributed by atoms with Crippen LogP contribution < -0.4 is 0 Å². The van der Waals surface area contributed by atoms with Crippen LogP contribution in [0, 0.1) is 0 Å². The molecule has 0 aromatic carbocycles. The number of ether oxygens (including phenoxy) is 2. The zero-order chi connectivity index (χ0) is 16.5. The average Bonchev–Trinajstić information content (AvgIpc) is 2.51. The molecule has 0 saturated carbocycles. The lowest BCUT2D eigenvalue weighted by Crippen LogP contribution is -2.08. The summed E-state index contributed by atoms with van der Waals surface area (Å²) in [6.07, 6.45) is 7.73. The summed E-state index contributed by atoms with van der Waals surface area (Å²) in [4.78, 5) is 21.3. The van der Waals surface area contributed by atoms with Crippen LogP contribution in [0.4, 0.5) is 0 Å². The van der Waals surface area contributed by atoms with Crippen molar-refractivity contribution in [2.75, 3.05) is 26.4 Å². The zero-order valence-corrected chi connectivity index (χ0v) is 14.6. The van der Waals surface area contributed by atoms with Gasteiger partial charge in [-0.1, -0.05) is 19.8 Å². The van der Waals surface area contributed by atoms with Crippen LogP contribution in [0.1, 0.15) is 72.1 Å². The highest BCUT2D eigenvalue weighted by Gasteiger charge is 2.01. The molecule has 1 atom stereocenters. The van der Waals surface area contributed by atoms with E-state index in [1.165, 1.54) is 0 Å². The number of carbonyl (C=O) groups excluding carboxylic acids is 1. The molecule has 0 aliphatic rings. The number of esters is 1. The standard InChI is InChI=1S/C17H34O5/c1-4-16(3)22-21-15-11-10-14-19-13-9-7-6-8-12-17(18)20-5-2/h16H,4-15H2,1-3H3. The van der Waals surface area contributed by atoms with E-state index in [9.17, 15) is 4.79 Å². The lowest BCUT2D eigenvalue weighted by Gasteiger charge is -2.09. The quantitative estimate of drug-likeness (QED) is 0.186. The SMILES string of the molecule is CCOC(=O)CCCCCCOCCCCOOC(C)CC. The third-order valence-electron chi connectivity index (χ3n) is 3.30. The van der Waals surface area contributed by atoms with Gasteiger partial charge in [-0.25, -0.2) is 9.78 Å². The maximum Gasteiger partial charge on any atom is 0.305 e. The Kier molecular flexibility index (Phi) is 16.2. The first-order valence-electron chi connectivity index (χ1n) is 8.72. The maximum atomic E-state index is 11.1.